The minimum atomic E-state index is -4.45. The predicted molar refractivity (Wildman–Crippen MR) is 234 cm³/mol. The van der Waals surface area contributed by atoms with Crippen molar-refractivity contribution in [1.82, 2.24) is 35.2 Å². The van der Waals surface area contributed by atoms with Gasteiger partial charge in [-0.15, -0.1) is 11.3 Å². The molecule has 0 spiro atoms. The summed E-state index contributed by atoms with van der Waals surface area (Å²) in [6.07, 6.45) is -2.70. The van der Waals surface area contributed by atoms with Gasteiger partial charge in [-0.2, -0.15) is 53.7 Å². The number of hydrogen-bond acceptors (Lipinski definition) is 9. The molecular formula is C39H54F3N7O5S4. The lowest BCUT2D eigenvalue weighted by atomic mass is 9.84. The average Bonchev–Trinajstić information content (AvgIpc) is 3.76. The van der Waals surface area contributed by atoms with Crippen molar-refractivity contribution in [3.63, 3.8) is 0 Å². The zero-order valence-electron chi connectivity index (χ0n) is 33.5. The molecule has 6 bridgehead atoms. The van der Waals surface area contributed by atoms with E-state index in [0.717, 1.165) is 43.9 Å². The van der Waals surface area contributed by atoms with Crippen molar-refractivity contribution in [2.45, 2.75) is 90.7 Å². The standard InChI is InChI=1S/C39H48F3N7O5S.3H2S/c1-7-48-31-13-12-24-18-26(31)27(34(48)25-10-8-15-43-33(25)23(2)53-6)20-38(3,4)22-54-36(51)28-11-9-16-49(46-28)35(50)29(19-32-44-30(24)21-55-32)45-37(52)47(5)17-14-39(40,41)42;;;/h8,10,12-13,15,18,21,23,28-29,46H,7,9,11,14,16-17,19-20,22H2,1-6H3,(H,45,52);3*1H2/t23-,28-,29-;;;/m0.../s1. The van der Waals surface area contributed by atoms with Gasteiger partial charge in [0.25, 0.3) is 5.91 Å². The van der Waals surface area contributed by atoms with Crippen LogP contribution in [0.5, 0.6) is 0 Å². The van der Waals surface area contributed by atoms with E-state index in [1.165, 1.54) is 23.4 Å². The van der Waals surface area contributed by atoms with Gasteiger partial charge in [0.1, 0.15) is 12.1 Å². The number of esters is 1. The number of nitrogens with one attached hydrogen (secondary N) is 2. The highest BCUT2D eigenvalue weighted by molar-refractivity contribution is 7.59. The molecule has 0 unspecified atom stereocenters. The Morgan fingerprint density at radius 2 is 1.95 bits per heavy atom. The molecule has 320 valence electrons. The second-order valence-corrected chi connectivity index (χ2v) is 15.9. The van der Waals surface area contributed by atoms with Crippen LogP contribution in [0.3, 0.4) is 0 Å². The van der Waals surface area contributed by atoms with Crippen LogP contribution < -0.4 is 10.7 Å². The molecule has 4 aromatic rings. The molecule has 3 amide bonds. The Morgan fingerprint density at radius 3 is 2.64 bits per heavy atom. The first-order chi connectivity index (χ1) is 26.1. The number of thiazole rings is 1. The number of halogens is 3. The number of aromatic nitrogens is 3. The van der Waals surface area contributed by atoms with Gasteiger partial charge in [0.05, 0.1) is 41.2 Å². The van der Waals surface area contributed by atoms with Crippen LogP contribution in [0.1, 0.15) is 69.3 Å². The van der Waals surface area contributed by atoms with E-state index < -0.39 is 54.5 Å². The van der Waals surface area contributed by atoms with Crippen molar-refractivity contribution in [2.24, 2.45) is 5.41 Å². The maximum Gasteiger partial charge on any atom is 0.390 e. The molecule has 58 heavy (non-hydrogen) atoms. The van der Waals surface area contributed by atoms with Crippen LogP contribution in [-0.2, 0) is 38.4 Å². The molecule has 1 saturated heterocycles. The summed E-state index contributed by atoms with van der Waals surface area (Å²) >= 11 is 1.32. The summed E-state index contributed by atoms with van der Waals surface area (Å²) in [6.45, 7) is 8.63. The number of pyridine rings is 1. The number of ether oxygens (including phenoxy) is 2. The number of alkyl halides is 3. The predicted octanol–water partition coefficient (Wildman–Crippen LogP) is 7.02. The summed E-state index contributed by atoms with van der Waals surface area (Å²) < 4.78 is 52.8. The van der Waals surface area contributed by atoms with E-state index in [4.69, 9.17) is 19.4 Å². The van der Waals surface area contributed by atoms with Gasteiger partial charge < -0.3 is 24.3 Å². The highest BCUT2D eigenvalue weighted by Crippen LogP contribution is 2.42. The fourth-order valence-corrected chi connectivity index (χ4v) is 8.07. The number of carbonyl (C=O) groups excluding carboxylic acids is 3. The Kier molecular flexibility index (Phi) is 17.0. The van der Waals surface area contributed by atoms with Crippen LogP contribution in [-0.4, -0.2) is 94.5 Å². The van der Waals surface area contributed by atoms with Crippen molar-refractivity contribution in [2.75, 3.05) is 33.9 Å². The normalized spacial score (nSPS) is 18.8. The highest BCUT2D eigenvalue weighted by atomic mass is 32.1. The third-order valence-corrected chi connectivity index (χ3v) is 11.1. The monoisotopic (exact) mass is 885 g/mol. The number of amides is 3. The van der Waals surface area contributed by atoms with E-state index in [1.807, 2.05) is 24.4 Å². The Morgan fingerprint density at radius 1 is 1.21 bits per heavy atom. The maximum atomic E-state index is 14.0. The Hall–Kier alpha value is -3.49. The quantitative estimate of drug-likeness (QED) is 0.190. The molecule has 5 heterocycles. The van der Waals surface area contributed by atoms with Crippen LogP contribution >= 0.6 is 51.8 Å². The highest BCUT2D eigenvalue weighted by Gasteiger charge is 2.36. The summed E-state index contributed by atoms with van der Waals surface area (Å²) in [6, 6.07) is 7.34. The summed E-state index contributed by atoms with van der Waals surface area (Å²) in [4.78, 5) is 51.3. The van der Waals surface area contributed by atoms with Crippen LogP contribution in [0.15, 0.2) is 41.9 Å². The van der Waals surface area contributed by atoms with E-state index in [0.29, 0.717) is 36.5 Å². The van der Waals surface area contributed by atoms with Gasteiger partial charge >= 0.3 is 18.2 Å². The van der Waals surface area contributed by atoms with Gasteiger partial charge in [-0.05, 0) is 62.9 Å². The van der Waals surface area contributed by atoms with E-state index in [1.54, 1.807) is 13.3 Å². The zero-order valence-corrected chi connectivity index (χ0v) is 37.3. The third-order valence-electron chi connectivity index (χ3n) is 10.2. The van der Waals surface area contributed by atoms with Crippen LogP contribution in [0.2, 0.25) is 0 Å². The second kappa shape index (κ2) is 20.2. The number of carbonyl (C=O) groups is 3. The molecule has 2 N–H and O–H groups in total. The van der Waals surface area contributed by atoms with E-state index in [9.17, 15) is 27.6 Å². The fraction of sp³-hybridized carbons (Fsp3) is 0.513. The van der Waals surface area contributed by atoms with Crippen molar-refractivity contribution >= 4 is 80.6 Å². The minimum Gasteiger partial charge on any atom is -0.464 e. The van der Waals surface area contributed by atoms with Gasteiger partial charge in [0.2, 0.25) is 0 Å². The van der Waals surface area contributed by atoms with Crippen molar-refractivity contribution in [1.29, 1.82) is 0 Å². The van der Waals surface area contributed by atoms with E-state index in [2.05, 4.69) is 54.3 Å². The first-order valence-electron chi connectivity index (χ1n) is 18.5. The number of hydrogen-bond donors (Lipinski definition) is 2. The van der Waals surface area contributed by atoms with Crippen LogP contribution in [0.25, 0.3) is 33.4 Å². The molecule has 2 aliphatic heterocycles. The number of aryl methyl sites for hydroxylation is 1. The van der Waals surface area contributed by atoms with Gasteiger partial charge in [-0.1, -0.05) is 19.9 Å². The second-order valence-electron chi connectivity index (χ2n) is 15.0. The molecule has 0 aliphatic carbocycles. The first-order valence-corrected chi connectivity index (χ1v) is 19.4. The van der Waals surface area contributed by atoms with Gasteiger partial charge in [-0.25, -0.2) is 15.2 Å². The first kappa shape index (κ1) is 48.9. The lowest BCUT2D eigenvalue weighted by Crippen LogP contribution is -2.61. The minimum absolute atomic E-state index is 0. The number of hydrazine groups is 1. The molecule has 3 aromatic heterocycles. The van der Waals surface area contributed by atoms with Crippen molar-refractivity contribution in [3.8, 4) is 22.5 Å². The van der Waals surface area contributed by atoms with Gasteiger partial charge in [0.15, 0.2) is 0 Å². The van der Waals surface area contributed by atoms with Gasteiger partial charge in [-0.3, -0.25) is 19.6 Å². The molecule has 3 atom stereocenters. The molecular weight excluding hydrogens is 832 g/mol. The molecule has 12 nitrogen and oxygen atoms in total. The fourth-order valence-electron chi connectivity index (χ4n) is 7.22. The van der Waals surface area contributed by atoms with E-state index >= 15 is 0 Å². The largest absolute Gasteiger partial charge is 0.464 e. The molecule has 1 aromatic carbocycles. The SMILES string of the molecule is CCn1c(-c2cccnc2[C@H](C)OC)c2c3cc(ccc31)-c1csc(n1)C[C@H](NC(=O)N(C)CCC(F)(F)F)C(=O)N1CCC[C@H](N1)C(=O)OCC(C)(C)C2.S.S.S. The lowest BCUT2D eigenvalue weighted by molar-refractivity contribution is -0.155. The molecule has 1 fully saturated rings. The number of benzene rings is 1. The van der Waals surface area contributed by atoms with E-state index in [-0.39, 0.29) is 66.2 Å². The smallest absolute Gasteiger partial charge is 0.390 e. The third kappa shape index (κ3) is 11.0. The summed E-state index contributed by atoms with van der Waals surface area (Å²) in [7, 11) is 2.91. The average molecular weight is 886 g/mol. The number of fused-ring (bicyclic) bond motifs is 6. The zero-order chi connectivity index (χ0) is 39.7. The number of nitrogens with zero attached hydrogens (tertiary/aromatic N) is 5. The Bertz CT molecular complexity index is 2060. The number of rotatable bonds is 7. The molecule has 6 rings (SSSR count). The number of cyclic esters (lactones) is 1. The lowest BCUT2D eigenvalue weighted by Gasteiger charge is -2.35. The van der Waals surface area contributed by atoms with Crippen molar-refractivity contribution in [3.05, 3.63) is 58.2 Å². The Labute approximate surface area is 361 Å². The summed E-state index contributed by atoms with van der Waals surface area (Å²) in [5.74, 6) is -1.05. The van der Waals surface area contributed by atoms with Crippen molar-refractivity contribution < 1.29 is 37.0 Å². The number of methoxy groups -OCH3 is 1. The summed E-state index contributed by atoms with van der Waals surface area (Å²) in [5, 5.41) is 7.38. The molecule has 2 aliphatic rings. The Balaban J connectivity index is 0.00000300. The van der Waals surface area contributed by atoms with Crippen LogP contribution in [0.4, 0.5) is 18.0 Å². The summed E-state index contributed by atoms with van der Waals surface area (Å²) in [5.41, 5.74) is 8.85. The molecule has 0 saturated carbocycles. The molecule has 0 radical (unpaired) electrons. The van der Waals surface area contributed by atoms with Crippen LogP contribution in [0, 0.1) is 5.41 Å². The topological polar surface area (TPSA) is 131 Å². The maximum absolute atomic E-state index is 14.0. The number of urea groups is 1. The van der Waals surface area contributed by atoms with Gasteiger partial charge in [0, 0.05) is 79.2 Å². The molecule has 19 heteroatoms.